The molecule has 0 spiro atoms. The summed E-state index contributed by atoms with van der Waals surface area (Å²) in [7, 11) is 0. The number of benzene rings is 1. The third kappa shape index (κ3) is 14.1. The molecule has 0 aliphatic carbocycles. The van der Waals surface area contributed by atoms with Gasteiger partial charge in [0.25, 0.3) is 0 Å². The van der Waals surface area contributed by atoms with Crippen LogP contribution in [0, 0.1) is 0 Å². The van der Waals surface area contributed by atoms with Gasteiger partial charge in [-0.25, -0.2) is 9.98 Å². The summed E-state index contributed by atoms with van der Waals surface area (Å²) in [6.45, 7) is 7.46. The third-order valence-corrected chi connectivity index (χ3v) is 5.61. The van der Waals surface area contributed by atoms with Crippen LogP contribution in [0.2, 0.25) is 0 Å². The first-order valence-electron chi connectivity index (χ1n) is 13.4. The van der Waals surface area contributed by atoms with Crippen LogP contribution in [0.4, 0.5) is 32.0 Å². The Hall–Kier alpha value is -3.54. The number of nitrogens with one attached hydrogen (secondary N) is 2. The summed E-state index contributed by atoms with van der Waals surface area (Å²) in [5, 5.41) is 6.29. The Morgan fingerprint density at radius 2 is 1.68 bits per heavy atom. The van der Waals surface area contributed by atoms with Crippen molar-refractivity contribution in [3.8, 4) is 0 Å². The van der Waals surface area contributed by atoms with Gasteiger partial charge in [0.1, 0.15) is 11.7 Å². The van der Waals surface area contributed by atoms with E-state index in [2.05, 4.69) is 34.5 Å². The number of halogens is 6. The Kier molecular flexibility index (Phi) is 15.6. The van der Waals surface area contributed by atoms with Crippen LogP contribution < -0.4 is 22.1 Å². The normalized spacial score (nSPS) is 17.0. The number of hydrogen-bond donors (Lipinski definition) is 4. The van der Waals surface area contributed by atoms with E-state index in [9.17, 15) is 26.3 Å². The summed E-state index contributed by atoms with van der Waals surface area (Å²) in [5.74, 6) is 0.749. The van der Waals surface area contributed by atoms with Crippen LogP contribution in [0.25, 0.3) is 0 Å². The highest BCUT2D eigenvalue weighted by molar-refractivity contribution is 6.03. The third-order valence-electron chi connectivity index (χ3n) is 5.61. The smallest absolute Gasteiger partial charge is 0.405 e. The summed E-state index contributed by atoms with van der Waals surface area (Å²) in [5.41, 5.74) is 10.1. The highest BCUT2D eigenvalue weighted by Gasteiger charge is 2.33. The van der Waals surface area contributed by atoms with Crippen LogP contribution in [-0.4, -0.2) is 30.9 Å². The molecule has 0 aromatic heterocycles. The molecule has 0 atom stereocenters. The van der Waals surface area contributed by atoms with Crippen molar-refractivity contribution < 1.29 is 26.3 Å². The predicted octanol–water partition coefficient (Wildman–Crippen LogP) is 7.40. The molecule has 12 heteroatoms. The standard InChI is InChI=1S/C25H30F6N6.C4H10/c1-2-3-11-34-16-23-36-21(13-17(15-33)12-19(5-4-10-32)25(29,30)31)14-22(37-23)35-20-8-6-18(7-9-20)24(26,27)28;1-3-4-2/h4-10,13,15,34H,2-3,11-12,14,16,32-33H2,1H3,(H,35,36,37);3-4H2,1-2H3/b10-4-,17-15-,19-5+,21-13+;. The molecule has 0 amide bonds. The monoisotopic (exact) mass is 586 g/mol. The fraction of sp³-hybridized carbons (Fsp3) is 0.448. The van der Waals surface area contributed by atoms with Crippen molar-refractivity contribution >= 4 is 17.4 Å². The number of hydrogen-bond acceptors (Lipinski definition) is 5. The lowest BCUT2D eigenvalue weighted by atomic mass is 10.0. The van der Waals surface area contributed by atoms with E-state index in [1.54, 1.807) is 0 Å². The molecule has 1 aliphatic heterocycles. The van der Waals surface area contributed by atoms with E-state index in [0.717, 1.165) is 56.1 Å². The summed E-state index contributed by atoms with van der Waals surface area (Å²) in [6, 6.07) is 4.30. The second-order valence-electron chi connectivity index (χ2n) is 9.13. The molecule has 0 saturated heterocycles. The van der Waals surface area contributed by atoms with Gasteiger partial charge in [-0.2, -0.15) is 26.3 Å². The number of amidine groups is 2. The first-order chi connectivity index (χ1) is 19.4. The molecule has 228 valence electrons. The minimum Gasteiger partial charge on any atom is -0.405 e. The summed E-state index contributed by atoms with van der Waals surface area (Å²) < 4.78 is 78.9. The second kappa shape index (κ2) is 18.0. The quantitative estimate of drug-likeness (QED) is 0.123. The Morgan fingerprint density at radius 3 is 2.20 bits per heavy atom. The predicted molar refractivity (Wildman–Crippen MR) is 155 cm³/mol. The fourth-order valence-corrected chi connectivity index (χ4v) is 3.27. The number of nitrogens with zero attached hydrogens (tertiary/aromatic N) is 2. The molecule has 0 radical (unpaired) electrons. The average molecular weight is 587 g/mol. The van der Waals surface area contributed by atoms with E-state index < -0.39 is 29.9 Å². The number of rotatable bonds is 11. The van der Waals surface area contributed by atoms with Crippen molar-refractivity contribution in [3.63, 3.8) is 0 Å². The molecule has 0 fully saturated rings. The summed E-state index contributed by atoms with van der Waals surface area (Å²) in [4.78, 5) is 8.78. The molecule has 0 bridgehead atoms. The van der Waals surface area contributed by atoms with Gasteiger partial charge in [-0.1, -0.05) is 46.1 Å². The zero-order chi connectivity index (χ0) is 30.9. The molecule has 0 unspecified atom stereocenters. The molecule has 1 aromatic carbocycles. The SMILES string of the molecule is CCCC.CCCCNCC1=NC(=Nc2ccc(C(F)(F)F)cc2)C/C(=C\C(=C/N)C/C(=C\C=C/N)C(F)(F)F)N1. The van der Waals surface area contributed by atoms with Crippen molar-refractivity contribution in [2.24, 2.45) is 21.5 Å². The number of allylic oxidation sites excluding steroid dienone is 5. The van der Waals surface area contributed by atoms with Gasteiger partial charge in [-0.05, 0) is 67.4 Å². The zero-order valence-electron chi connectivity index (χ0n) is 23.7. The first kappa shape index (κ1) is 35.5. The van der Waals surface area contributed by atoms with Crippen LogP contribution in [0.1, 0.15) is 64.9 Å². The topological polar surface area (TPSA) is 101 Å². The Bertz CT molecular complexity index is 1110. The maximum Gasteiger partial charge on any atom is 0.416 e. The Labute approximate surface area is 238 Å². The van der Waals surface area contributed by atoms with Crippen molar-refractivity contribution in [1.29, 1.82) is 0 Å². The maximum atomic E-state index is 13.4. The van der Waals surface area contributed by atoms with Crippen LogP contribution in [0.5, 0.6) is 0 Å². The summed E-state index contributed by atoms with van der Waals surface area (Å²) in [6.07, 6.45) is 0.626. The molecular weight excluding hydrogens is 546 g/mol. The van der Waals surface area contributed by atoms with Gasteiger partial charge in [0, 0.05) is 24.1 Å². The molecule has 0 saturated carbocycles. The Balaban J connectivity index is 0.00000196. The molecule has 2 rings (SSSR count). The van der Waals surface area contributed by atoms with Crippen molar-refractivity contribution in [2.75, 3.05) is 13.1 Å². The maximum absolute atomic E-state index is 13.4. The van der Waals surface area contributed by atoms with E-state index in [0.29, 0.717) is 18.1 Å². The number of nitrogens with two attached hydrogens (primary N) is 2. The molecular formula is C29H40F6N6. The van der Waals surface area contributed by atoms with E-state index in [-0.39, 0.29) is 23.5 Å². The highest BCUT2D eigenvalue weighted by atomic mass is 19.4. The lowest BCUT2D eigenvalue weighted by Crippen LogP contribution is -2.38. The zero-order valence-corrected chi connectivity index (χ0v) is 23.7. The molecule has 41 heavy (non-hydrogen) atoms. The molecule has 6 N–H and O–H groups in total. The lowest BCUT2D eigenvalue weighted by Gasteiger charge is -2.21. The molecule has 1 aliphatic rings. The minimum atomic E-state index is -4.59. The molecule has 1 heterocycles. The number of alkyl halides is 6. The minimum absolute atomic E-state index is 0.102. The van der Waals surface area contributed by atoms with Gasteiger partial charge in [0.05, 0.1) is 17.8 Å². The Morgan fingerprint density at radius 1 is 1.02 bits per heavy atom. The van der Waals surface area contributed by atoms with Gasteiger partial charge in [0.15, 0.2) is 0 Å². The van der Waals surface area contributed by atoms with Crippen molar-refractivity contribution in [2.45, 2.75) is 71.6 Å². The van der Waals surface area contributed by atoms with Gasteiger partial charge in [-0.15, -0.1) is 0 Å². The van der Waals surface area contributed by atoms with Crippen LogP contribution >= 0.6 is 0 Å². The number of unbranched alkanes of at least 4 members (excludes halogenated alkanes) is 2. The van der Waals surface area contributed by atoms with Gasteiger partial charge >= 0.3 is 12.4 Å². The molecule has 1 aromatic rings. The van der Waals surface area contributed by atoms with Gasteiger partial charge < -0.3 is 22.1 Å². The van der Waals surface area contributed by atoms with Crippen LogP contribution in [0.3, 0.4) is 0 Å². The van der Waals surface area contributed by atoms with Gasteiger partial charge in [-0.3, -0.25) is 0 Å². The van der Waals surface area contributed by atoms with E-state index in [4.69, 9.17) is 11.5 Å². The van der Waals surface area contributed by atoms with Crippen LogP contribution in [-0.2, 0) is 6.18 Å². The average Bonchev–Trinajstić information content (AvgIpc) is 2.92. The van der Waals surface area contributed by atoms with Gasteiger partial charge in [0.2, 0.25) is 0 Å². The van der Waals surface area contributed by atoms with E-state index in [1.807, 2.05) is 6.92 Å². The summed E-state index contributed by atoms with van der Waals surface area (Å²) >= 11 is 0. The largest absolute Gasteiger partial charge is 0.416 e. The highest BCUT2D eigenvalue weighted by Crippen LogP contribution is 2.32. The molecule has 6 nitrogen and oxygen atoms in total. The van der Waals surface area contributed by atoms with E-state index in [1.165, 1.54) is 31.1 Å². The van der Waals surface area contributed by atoms with E-state index >= 15 is 0 Å². The van der Waals surface area contributed by atoms with Crippen molar-refractivity contribution in [3.05, 3.63) is 77.3 Å². The second-order valence-corrected chi connectivity index (χ2v) is 9.13. The number of aliphatic imine (C=N–C) groups is 2. The first-order valence-corrected chi connectivity index (χ1v) is 13.4. The fourth-order valence-electron chi connectivity index (χ4n) is 3.27. The van der Waals surface area contributed by atoms with Crippen molar-refractivity contribution in [1.82, 2.24) is 10.6 Å². The lowest BCUT2D eigenvalue weighted by molar-refractivity contribution is -0.137. The van der Waals surface area contributed by atoms with Crippen LogP contribution in [0.15, 0.2) is 81.7 Å².